The van der Waals surface area contributed by atoms with E-state index < -0.39 is 0 Å². The molecule has 0 saturated carbocycles. The van der Waals surface area contributed by atoms with E-state index in [1.165, 1.54) is 18.4 Å². The Morgan fingerprint density at radius 3 is 3.21 bits per heavy atom. The Morgan fingerprint density at radius 2 is 2.50 bits per heavy atom. The van der Waals surface area contributed by atoms with E-state index >= 15 is 0 Å². The largest absolute Gasteiger partial charge is 0.469 e. The van der Waals surface area contributed by atoms with E-state index in [9.17, 15) is 4.79 Å². The third-order valence-corrected chi connectivity index (χ3v) is 3.49. The summed E-state index contributed by atoms with van der Waals surface area (Å²) in [6.07, 6.45) is 2.76. The molecule has 2 rings (SSSR count). The lowest BCUT2D eigenvalue weighted by molar-refractivity contribution is -0.142. The van der Waals surface area contributed by atoms with Crippen molar-refractivity contribution in [1.29, 1.82) is 0 Å². The molecule has 1 aromatic rings. The van der Waals surface area contributed by atoms with E-state index in [0.29, 0.717) is 5.13 Å². The molecule has 0 fully saturated rings. The number of carbonyl (C=O) groups is 1. The van der Waals surface area contributed by atoms with Gasteiger partial charge in [-0.25, -0.2) is 4.98 Å². The van der Waals surface area contributed by atoms with Crippen molar-refractivity contribution < 1.29 is 9.53 Å². The number of carbonyl (C=O) groups excluding carboxylic acids is 1. The van der Waals surface area contributed by atoms with Gasteiger partial charge < -0.3 is 10.5 Å². The van der Waals surface area contributed by atoms with Crippen LogP contribution in [0.2, 0.25) is 0 Å². The van der Waals surface area contributed by atoms with Crippen molar-refractivity contribution >= 4 is 22.4 Å². The topological polar surface area (TPSA) is 65.2 Å². The monoisotopic (exact) mass is 212 g/mol. The van der Waals surface area contributed by atoms with Crippen LogP contribution in [0.25, 0.3) is 0 Å². The van der Waals surface area contributed by atoms with Gasteiger partial charge in [0.2, 0.25) is 0 Å². The second kappa shape index (κ2) is 3.57. The van der Waals surface area contributed by atoms with E-state index in [4.69, 9.17) is 10.5 Å². The van der Waals surface area contributed by atoms with Crippen molar-refractivity contribution in [2.45, 2.75) is 25.2 Å². The van der Waals surface area contributed by atoms with Crippen LogP contribution in [0, 0.1) is 0 Å². The van der Waals surface area contributed by atoms with Crippen LogP contribution in [0.5, 0.6) is 0 Å². The zero-order valence-electron chi connectivity index (χ0n) is 7.95. The molecule has 1 aliphatic rings. The summed E-state index contributed by atoms with van der Waals surface area (Å²) < 4.78 is 4.75. The fourth-order valence-electron chi connectivity index (χ4n) is 1.81. The molecule has 0 spiro atoms. The fraction of sp³-hybridized carbons (Fsp3) is 0.556. The molecular formula is C9H12N2O2S. The first-order valence-electron chi connectivity index (χ1n) is 4.55. The molecule has 0 aliphatic heterocycles. The normalized spacial score (nSPS) is 20.2. The van der Waals surface area contributed by atoms with Gasteiger partial charge in [0.1, 0.15) is 0 Å². The maximum atomic E-state index is 11.5. The smallest absolute Gasteiger partial charge is 0.314 e. The summed E-state index contributed by atoms with van der Waals surface area (Å²) in [5, 5.41) is 0.547. The Morgan fingerprint density at radius 1 is 1.71 bits per heavy atom. The highest BCUT2D eigenvalue weighted by Gasteiger charge is 2.30. The van der Waals surface area contributed by atoms with Crippen LogP contribution >= 0.6 is 11.3 Å². The highest BCUT2D eigenvalue weighted by Crippen LogP contribution is 2.37. The van der Waals surface area contributed by atoms with Gasteiger partial charge in [-0.3, -0.25) is 4.79 Å². The summed E-state index contributed by atoms with van der Waals surface area (Å²) in [4.78, 5) is 16.7. The van der Waals surface area contributed by atoms with Crippen molar-refractivity contribution in [3.05, 3.63) is 10.6 Å². The summed E-state index contributed by atoms with van der Waals surface area (Å²) in [5.74, 6) is -0.312. The number of ether oxygens (including phenoxy) is 1. The molecule has 5 heteroatoms. The van der Waals surface area contributed by atoms with Crippen molar-refractivity contribution in [3.63, 3.8) is 0 Å². The minimum atomic E-state index is -0.172. The molecule has 0 aromatic carbocycles. The van der Waals surface area contributed by atoms with E-state index in [1.54, 1.807) is 0 Å². The van der Waals surface area contributed by atoms with Gasteiger partial charge in [-0.05, 0) is 19.3 Å². The third kappa shape index (κ3) is 1.48. The number of fused-ring (bicyclic) bond motifs is 1. The zero-order valence-corrected chi connectivity index (χ0v) is 8.76. The standard InChI is InChI=1S/C9H12N2O2S/c1-13-8(12)5-3-2-4-6-7(5)14-9(10)11-6/h5H,2-4H2,1H3,(H2,10,11). The fourth-order valence-corrected chi connectivity index (χ4v) is 2.81. The lowest BCUT2D eigenvalue weighted by Crippen LogP contribution is -2.18. The molecule has 0 saturated heterocycles. The predicted octanol–water partition coefficient (Wildman–Crippen LogP) is 1.32. The number of methoxy groups -OCH3 is 1. The highest BCUT2D eigenvalue weighted by molar-refractivity contribution is 7.15. The average molecular weight is 212 g/mol. The maximum absolute atomic E-state index is 11.5. The number of nitrogen functional groups attached to an aromatic ring is 1. The molecule has 1 aliphatic carbocycles. The number of aromatic nitrogens is 1. The van der Waals surface area contributed by atoms with Gasteiger partial charge in [-0.2, -0.15) is 0 Å². The molecule has 0 radical (unpaired) electrons. The zero-order chi connectivity index (χ0) is 10.1. The van der Waals surface area contributed by atoms with Crippen LogP contribution in [-0.4, -0.2) is 18.1 Å². The second-order valence-electron chi connectivity index (χ2n) is 3.33. The number of rotatable bonds is 1. The van der Waals surface area contributed by atoms with Crippen LogP contribution < -0.4 is 5.73 Å². The first kappa shape index (κ1) is 9.45. The van der Waals surface area contributed by atoms with Crippen LogP contribution in [0.15, 0.2) is 0 Å². The van der Waals surface area contributed by atoms with Crippen LogP contribution in [0.3, 0.4) is 0 Å². The minimum absolute atomic E-state index is 0.140. The summed E-state index contributed by atoms with van der Waals surface area (Å²) in [6, 6.07) is 0. The lowest BCUT2D eigenvalue weighted by atomic mass is 9.92. The Bertz CT molecular complexity index is 362. The van der Waals surface area contributed by atoms with Gasteiger partial charge in [0.25, 0.3) is 0 Å². The predicted molar refractivity (Wildman–Crippen MR) is 54.2 cm³/mol. The Balaban J connectivity index is 2.34. The number of nitrogens with zero attached hydrogens (tertiary/aromatic N) is 1. The van der Waals surface area contributed by atoms with Crippen LogP contribution in [-0.2, 0) is 16.0 Å². The van der Waals surface area contributed by atoms with Crippen molar-refractivity contribution in [3.8, 4) is 0 Å². The maximum Gasteiger partial charge on any atom is 0.314 e. The first-order valence-corrected chi connectivity index (χ1v) is 5.37. The average Bonchev–Trinajstić information content (AvgIpc) is 2.56. The van der Waals surface area contributed by atoms with E-state index in [2.05, 4.69) is 4.98 Å². The molecule has 1 unspecified atom stereocenters. The van der Waals surface area contributed by atoms with Crippen molar-refractivity contribution in [2.24, 2.45) is 0 Å². The van der Waals surface area contributed by atoms with Gasteiger partial charge in [-0.15, -0.1) is 11.3 Å². The number of anilines is 1. The number of hydrogen-bond acceptors (Lipinski definition) is 5. The van der Waals surface area contributed by atoms with E-state index in [-0.39, 0.29) is 11.9 Å². The Hall–Kier alpha value is -1.10. The van der Waals surface area contributed by atoms with Gasteiger partial charge in [0.15, 0.2) is 5.13 Å². The Kier molecular flexibility index (Phi) is 2.41. The van der Waals surface area contributed by atoms with E-state index in [0.717, 1.165) is 29.8 Å². The van der Waals surface area contributed by atoms with Gasteiger partial charge >= 0.3 is 5.97 Å². The van der Waals surface area contributed by atoms with Crippen LogP contribution in [0.4, 0.5) is 5.13 Å². The Labute approximate surface area is 86.1 Å². The molecular weight excluding hydrogens is 200 g/mol. The number of hydrogen-bond donors (Lipinski definition) is 1. The second-order valence-corrected chi connectivity index (χ2v) is 4.39. The molecule has 1 heterocycles. The molecule has 0 amide bonds. The third-order valence-electron chi connectivity index (χ3n) is 2.45. The van der Waals surface area contributed by atoms with Crippen LogP contribution in [0.1, 0.15) is 29.3 Å². The quantitative estimate of drug-likeness (QED) is 0.713. The van der Waals surface area contributed by atoms with Gasteiger partial charge in [0.05, 0.1) is 18.7 Å². The number of aryl methyl sites for hydroxylation is 1. The highest BCUT2D eigenvalue weighted by atomic mass is 32.1. The molecule has 2 N–H and O–H groups in total. The number of esters is 1. The van der Waals surface area contributed by atoms with Crippen molar-refractivity contribution in [1.82, 2.24) is 4.98 Å². The van der Waals surface area contributed by atoms with Crippen molar-refractivity contribution in [2.75, 3.05) is 12.8 Å². The summed E-state index contributed by atoms with van der Waals surface area (Å²) >= 11 is 1.41. The SMILES string of the molecule is COC(=O)C1CCCc2nc(N)sc21. The lowest BCUT2D eigenvalue weighted by Gasteiger charge is -2.18. The summed E-state index contributed by atoms with van der Waals surface area (Å²) in [7, 11) is 1.42. The molecule has 1 atom stereocenters. The van der Waals surface area contributed by atoms with E-state index in [1.807, 2.05) is 0 Å². The molecule has 14 heavy (non-hydrogen) atoms. The molecule has 1 aromatic heterocycles. The summed E-state index contributed by atoms with van der Waals surface area (Å²) in [5.41, 5.74) is 6.60. The number of thiazole rings is 1. The molecule has 0 bridgehead atoms. The molecule has 4 nitrogen and oxygen atoms in total. The van der Waals surface area contributed by atoms with Gasteiger partial charge in [0, 0.05) is 4.88 Å². The number of nitrogens with two attached hydrogens (primary N) is 1. The summed E-state index contributed by atoms with van der Waals surface area (Å²) in [6.45, 7) is 0. The van der Waals surface area contributed by atoms with Gasteiger partial charge in [-0.1, -0.05) is 0 Å². The minimum Gasteiger partial charge on any atom is -0.469 e. The molecule has 76 valence electrons. The first-order chi connectivity index (χ1) is 6.72.